The largest absolute Gasteiger partial charge is 0.414 e. The molecule has 0 aromatic carbocycles. The van der Waals surface area contributed by atoms with Crippen molar-refractivity contribution in [3.05, 3.63) is 0 Å². The number of hydrogen-bond acceptors (Lipinski definition) is 4. The summed E-state index contributed by atoms with van der Waals surface area (Å²) < 4.78 is 17.2. The van der Waals surface area contributed by atoms with Gasteiger partial charge in [-0.2, -0.15) is 0 Å². The third kappa shape index (κ3) is 4.03. The summed E-state index contributed by atoms with van der Waals surface area (Å²) in [5, 5.41) is 9.96. The zero-order valence-electron chi connectivity index (χ0n) is 12.0. The molecule has 0 spiro atoms. The highest BCUT2D eigenvalue weighted by molar-refractivity contribution is 6.48. The predicted octanol–water partition coefficient (Wildman–Crippen LogP) is 1.87. The number of aliphatic hydroxyl groups excluding tert-OH is 1. The van der Waals surface area contributed by atoms with Gasteiger partial charge >= 0.3 is 0 Å². The molecule has 4 nitrogen and oxygen atoms in total. The maximum absolute atomic E-state index is 9.96. The molecule has 17 heavy (non-hydrogen) atoms. The van der Waals surface area contributed by atoms with Crippen molar-refractivity contribution in [2.24, 2.45) is 5.41 Å². The Morgan fingerprint density at radius 3 is 2.06 bits per heavy atom. The number of hydrogen-bond donors (Lipinski definition) is 1. The van der Waals surface area contributed by atoms with Crippen molar-refractivity contribution in [3.8, 4) is 0 Å². The molecule has 102 valence electrons. The lowest BCUT2D eigenvalue weighted by Crippen LogP contribution is -2.47. The van der Waals surface area contributed by atoms with Gasteiger partial charge in [0.05, 0.1) is 6.10 Å². The highest BCUT2D eigenvalue weighted by atomic mass is 28.3. The lowest BCUT2D eigenvalue weighted by Gasteiger charge is -2.36. The van der Waals surface area contributed by atoms with E-state index in [9.17, 15) is 5.11 Å². The molecular weight excluding hydrogens is 236 g/mol. The molecule has 1 N–H and O–H groups in total. The van der Waals surface area contributed by atoms with Crippen LogP contribution in [0.15, 0.2) is 0 Å². The Balaban J connectivity index is 2.84. The number of rotatable bonds is 3. The summed E-state index contributed by atoms with van der Waals surface area (Å²) in [5.74, 6) is -0.741. The molecule has 0 amide bonds. The summed E-state index contributed by atoms with van der Waals surface area (Å²) in [6, 6.07) is 0. The Hall–Kier alpha value is 0.0569. The predicted molar refractivity (Wildman–Crippen MR) is 69.2 cm³/mol. The van der Waals surface area contributed by atoms with Crippen LogP contribution in [0.2, 0.25) is 13.1 Å². The zero-order valence-corrected chi connectivity index (χ0v) is 13.1. The monoisotopic (exact) mass is 262 g/mol. The van der Waals surface area contributed by atoms with Gasteiger partial charge in [-0.25, -0.2) is 0 Å². The van der Waals surface area contributed by atoms with Gasteiger partial charge in [0.2, 0.25) is 0 Å². The van der Waals surface area contributed by atoms with E-state index in [1.54, 1.807) is 0 Å². The lowest BCUT2D eigenvalue weighted by molar-refractivity contribution is -0.176. The van der Waals surface area contributed by atoms with Crippen LogP contribution >= 0.6 is 0 Å². The second kappa shape index (κ2) is 4.97. The quantitative estimate of drug-likeness (QED) is 0.789. The average molecular weight is 262 g/mol. The zero-order chi connectivity index (χ0) is 13.4. The SMILES string of the molecule is C[SiH](C)OC([C@H]1OC(C)(C)O[C@@H]1O)C(C)(C)C. The van der Waals surface area contributed by atoms with Gasteiger partial charge in [0, 0.05) is 0 Å². The molecule has 5 heteroatoms. The van der Waals surface area contributed by atoms with Gasteiger partial charge in [0.25, 0.3) is 0 Å². The van der Waals surface area contributed by atoms with Gasteiger partial charge in [-0.3, -0.25) is 0 Å². The van der Waals surface area contributed by atoms with Gasteiger partial charge in [0.15, 0.2) is 21.1 Å². The molecule has 1 saturated heterocycles. The van der Waals surface area contributed by atoms with E-state index >= 15 is 0 Å². The molecule has 0 aromatic heterocycles. The van der Waals surface area contributed by atoms with E-state index in [0.29, 0.717) is 0 Å². The number of ether oxygens (including phenoxy) is 2. The van der Waals surface area contributed by atoms with Crippen LogP contribution in [0, 0.1) is 5.41 Å². The van der Waals surface area contributed by atoms with Crippen LogP contribution in [0.25, 0.3) is 0 Å². The molecule has 1 unspecified atom stereocenters. The smallest absolute Gasteiger partial charge is 0.187 e. The summed E-state index contributed by atoms with van der Waals surface area (Å²) >= 11 is 0. The molecule has 1 fully saturated rings. The first-order chi connectivity index (χ1) is 7.53. The van der Waals surface area contributed by atoms with Crippen molar-refractivity contribution < 1.29 is 19.0 Å². The average Bonchev–Trinajstić information content (AvgIpc) is 2.33. The molecule has 1 aliphatic heterocycles. The molecule has 1 rings (SSSR count). The first-order valence-corrected chi connectivity index (χ1v) is 9.00. The second-order valence-corrected chi connectivity index (χ2v) is 8.83. The van der Waals surface area contributed by atoms with Crippen molar-refractivity contribution in [2.45, 2.75) is 72.0 Å². The third-order valence-electron chi connectivity index (χ3n) is 2.68. The molecule has 0 radical (unpaired) electrons. The van der Waals surface area contributed by atoms with Crippen LogP contribution in [-0.2, 0) is 13.9 Å². The summed E-state index contributed by atoms with van der Waals surface area (Å²) in [6.07, 6.45) is -1.48. The first-order valence-electron chi connectivity index (χ1n) is 6.22. The van der Waals surface area contributed by atoms with Crippen molar-refractivity contribution >= 4 is 9.04 Å². The van der Waals surface area contributed by atoms with Crippen LogP contribution < -0.4 is 0 Å². The maximum atomic E-state index is 9.96. The summed E-state index contributed by atoms with van der Waals surface area (Å²) in [7, 11) is -1.20. The molecule has 3 atom stereocenters. The van der Waals surface area contributed by atoms with Gasteiger partial charge in [-0.1, -0.05) is 20.8 Å². The van der Waals surface area contributed by atoms with Crippen LogP contribution in [0.3, 0.4) is 0 Å². The Labute approximate surface area is 106 Å². The van der Waals surface area contributed by atoms with Crippen molar-refractivity contribution in [1.29, 1.82) is 0 Å². The van der Waals surface area contributed by atoms with Gasteiger partial charge in [0.1, 0.15) is 6.10 Å². The Bertz CT molecular complexity index is 260. The molecule has 1 heterocycles. The highest BCUT2D eigenvalue weighted by Crippen LogP contribution is 2.36. The van der Waals surface area contributed by atoms with Crippen LogP contribution in [-0.4, -0.2) is 38.4 Å². The fourth-order valence-corrected chi connectivity index (χ4v) is 3.20. The van der Waals surface area contributed by atoms with Crippen molar-refractivity contribution in [1.82, 2.24) is 0 Å². The van der Waals surface area contributed by atoms with Crippen LogP contribution in [0.1, 0.15) is 34.6 Å². The lowest BCUT2D eigenvalue weighted by atomic mass is 9.85. The standard InChI is InChI=1S/C12H26O4Si/c1-11(2,3)9(16-17(6)7)8-10(13)15-12(4,5)14-8/h8-10,13,17H,1-7H3/t8-,9?,10+/m1/s1. The van der Waals surface area contributed by atoms with E-state index in [1.165, 1.54) is 0 Å². The van der Waals surface area contributed by atoms with E-state index in [-0.39, 0.29) is 11.5 Å². The fraction of sp³-hybridized carbons (Fsp3) is 1.00. The van der Waals surface area contributed by atoms with Crippen molar-refractivity contribution in [2.75, 3.05) is 0 Å². The topological polar surface area (TPSA) is 47.9 Å². The Morgan fingerprint density at radius 2 is 1.76 bits per heavy atom. The number of aliphatic hydroxyl groups is 1. The summed E-state index contributed by atoms with van der Waals surface area (Å²) in [5.41, 5.74) is -0.0906. The Kier molecular flexibility index (Phi) is 4.42. The van der Waals surface area contributed by atoms with Crippen LogP contribution in [0.5, 0.6) is 0 Å². The van der Waals surface area contributed by atoms with E-state index in [1.807, 2.05) is 13.8 Å². The molecule has 0 aliphatic carbocycles. The summed E-state index contributed by atoms with van der Waals surface area (Å²) in [4.78, 5) is 0. The summed E-state index contributed by atoms with van der Waals surface area (Å²) in [6.45, 7) is 14.1. The minimum Gasteiger partial charge on any atom is -0.414 e. The minimum atomic E-state index is -1.20. The van der Waals surface area contributed by atoms with E-state index < -0.39 is 27.2 Å². The van der Waals surface area contributed by atoms with Crippen LogP contribution in [0.4, 0.5) is 0 Å². The first kappa shape index (κ1) is 15.1. The van der Waals surface area contributed by atoms with Gasteiger partial charge < -0.3 is 19.0 Å². The fourth-order valence-electron chi connectivity index (χ4n) is 2.05. The van der Waals surface area contributed by atoms with E-state index in [4.69, 9.17) is 13.9 Å². The Morgan fingerprint density at radius 1 is 1.24 bits per heavy atom. The normalized spacial score (nSPS) is 30.9. The third-order valence-corrected chi connectivity index (χ3v) is 3.51. The maximum Gasteiger partial charge on any atom is 0.187 e. The van der Waals surface area contributed by atoms with E-state index in [2.05, 4.69) is 33.9 Å². The molecule has 0 saturated carbocycles. The van der Waals surface area contributed by atoms with Gasteiger partial charge in [-0.15, -0.1) is 0 Å². The molecular formula is C12H26O4Si. The molecule has 0 aromatic rings. The second-order valence-electron chi connectivity index (χ2n) is 6.46. The van der Waals surface area contributed by atoms with Crippen molar-refractivity contribution in [3.63, 3.8) is 0 Å². The minimum absolute atomic E-state index is 0.0906. The molecule has 0 bridgehead atoms. The highest BCUT2D eigenvalue weighted by Gasteiger charge is 2.48. The van der Waals surface area contributed by atoms with E-state index in [0.717, 1.165) is 0 Å². The molecule has 1 aliphatic rings. The van der Waals surface area contributed by atoms with Gasteiger partial charge in [-0.05, 0) is 32.4 Å².